The molecule has 1 aliphatic rings. The summed E-state index contributed by atoms with van der Waals surface area (Å²) in [5.41, 5.74) is 1.03. The topological polar surface area (TPSA) is 41.4 Å². The van der Waals surface area contributed by atoms with Gasteiger partial charge in [0.15, 0.2) is 0 Å². The number of nitrogens with zero attached hydrogens (tertiary/aromatic N) is 4. The van der Waals surface area contributed by atoms with Crippen molar-refractivity contribution in [3.8, 4) is 5.69 Å². The van der Waals surface area contributed by atoms with Crippen LogP contribution in [0.4, 0.5) is 13.2 Å². The molecule has 1 aliphatic heterocycles. The Morgan fingerprint density at radius 1 is 1.06 bits per heavy atom. The van der Waals surface area contributed by atoms with Crippen LogP contribution in [0, 0.1) is 0 Å². The Hall–Kier alpha value is -1.73. The van der Waals surface area contributed by atoms with E-state index in [2.05, 4.69) is 9.88 Å². The van der Waals surface area contributed by atoms with Gasteiger partial charge in [-0.15, -0.1) is 0 Å². The average molecular weight is 548 g/mol. The lowest BCUT2D eigenvalue weighted by Gasteiger charge is -2.31. The Balaban J connectivity index is 0.000000751. The first-order valence-electron chi connectivity index (χ1n) is 10.3. The smallest absolute Gasteiger partial charge is 0.337 e. The Morgan fingerprint density at radius 3 is 2.26 bits per heavy atom. The molecule has 2 heterocycles. The van der Waals surface area contributed by atoms with E-state index in [1.165, 1.54) is 18.5 Å². The molecular weight excluding hydrogens is 527 g/mol. The van der Waals surface area contributed by atoms with Crippen molar-refractivity contribution in [2.24, 2.45) is 0 Å². The number of halogens is 6. The molecule has 0 saturated carbocycles. The summed E-state index contributed by atoms with van der Waals surface area (Å²) in [5.74, 6) is -0.209. The fourth-order valence-electron chi connectivity index (χ4n) is 3.55. The molecule has 0 aliphatic carbocycles. The lowest BCUT2D eigenvalue weighted by molar-refractivity contribution is -0.137. The number of rotatable bonds is 3. The van der Waals surface area contributed by atoms with Gasteiger partial charge in [0, 0.05) is 43.5 Å². The van der Waals surface area contributed by atoms with Crippen LogP contribution in [0.25, 0.3) is 22.8 Å². The third-order valence-corrected chi connectivity index (χ3v) is 5.25. The average Bonchev–Trinajstić information content (AvgIpc) is 3.22. The number of carbonyl (C=O) groups excluding carboxylic acids is 1. The number of para-hydroxylation sites is 1. The molecule has 0 spiro atoms. The van der Waals surface area contributed by atoms with E-state index in [0.29, 0.717) is 24.2 Å². The van der Waals surface area contributed by atoms with Gasteiger partial charge in [0.25, 0.3) is 0 Å². The van der Waals surface area contributed by atoms with E-state index in [1.807, 2.05) is 37.4 Å². The van der Waals surface area contributed by atoms with Crippen LogP contribution in [0.5, 0.6) is 0 Å². The van der Waals surface area contributed by atoms with E-state index in [1.54, 1.807) is 9.47 Å². The molecule has 0 atom stereocenters. The van der Waals surface area contributed by atoms with Gasteiger partial charge in [0.1, 0.15) is 6.33 Å². The molecule has 1 aromatic heterocycles. The molecule has 0 bridgehead atoms. The normalized spacial score (nSPS) is 14.9. The fourth-order valence-corrected chi connectivity index (χ4v) is 3.55. The van der Waals surface area contributed by atoms with Crippen molar-refractivity contribution >= 4 is 64.5 Å². The van der Waals surface area contributed by atoms with Crippen LogP contribution in [0.1, 0.15) is 11.1 Å². The first-order valence-corrected chi connectivity index (χ1v) is 15.5. The summed E-state index contributed by atoms with van der Waals surface area (Å²) in [6.07, 6.45) is -0.198. The Kier molecular flexibility index (Phi) is 9.33. The number of piperazine rings is 1. The van der Waals surface area contributed by atoms with Crippen molar-refractivity contribution < 1.29 is 18.0 Å². The van der Waals surface area contributed by atoms with Gasteiger partial charge in [-0.3, -0.25) is 9.36 Å². The second-order valence-electron chi connectivity index (χ2n) is 7.59. The van der Waals surface area contributed by atoms with Crippen LogP contribution >= 0.6 is 30.1 Å². The monoisotopic (exact) mass is 546 g/mol. The minimum Gasteiger partial charge on any atom is -0.337 e. The maximum absolute atomic E-state index is 13.4. The van der Waals surface area contributed by atoms with Gasteiger partial charge in [0.2, 0.25) is 5.91 Å². The van der Waals surface area contributed by atoms with E-state index >= 15 is 0 Å². The van der Waals surface area contributed by atoms with E-state index in [9.17, 15) is 18.0 Å². The zero-order valence-corrected chi connectivity index (χ0v) is 21.6. The number of carbonyl (C=O) groups is 1. The van der Waals surface area contributed by atoms with Crippen LogP contribution in [0.15, 0.2) is 54.9 Å². The van der Waals surface area contributed by atoms with Gasteiger partial charge in [-0.1, -0.05) is 18.2 Å². The maximum atomic E-state index is 13.4. The van der Waals surface area contributed by atoms with Crippen molar-refractivity contribution in [1.82, 2.24) is 19.4 Å². The molecule has 1 saturated heterocycles. The molecule has 0 radical (unpaired) electrons. The predicted octanol–water partition coefficient (Wildman–Crippen LogP) is 5.52. The highest BCUT2D eigenvalue weighted by Crippen LogP contribution is 2.34. The SMILES string of the molecule is CN1CCN(C(=O)C=Cc2cc(C(F)(F)F)cc3ncn(-c4ccccc4)c23)CC1.[Cl][Al]([Cl])[Cl]. The molecule has 34 heavy (non-hydrogen) atoms. The number of fused-ring (bicyclic) bond motifs is 1. The zero-order chi connectivity index (χ0) is 24.9. The van der Waals surface area contributed by atoms with Gasteiger partial charge in [-0.05, 0) is 37.4 Å². The van der Waals surface area contributed by atoms with E-state index < -0.39 is 23.1 Å². The summed E-state index contributed by atoms with van der Waals surface area (Å²) in [5, 5.41) is 0. The van der Waals surface area contributed by atoms with Crippen LogP contribution in [0.2, 0.25) is 0 Å². The number of imidazole rings is 1. The van der Waals surface area contributed by atoms with Crippen molar-refractivity contribution in [3.63, 3.8) is 0 Å². The van der Waals surface area contributed by atoms with Gasteiger partial charge in [-0.25, -0.2) is 35.1 Å². The summed E-state index contributed by atoms with van der Waals surface area (Å²) < 4.78 is 42.0. The van der Waals surface area contributed by atoms with Crippen LogP contribution in [-0.4, -0.2) is 69.9 Å². The van der Waals surface area contributed by atoms with Crippen molar-refractivity contribution in [3.05, 3.63) is 66.0 Å². The Bertz CT molecular complexity index is 1140. The van der Waals surface area contributed by atoms with E-state index in [-0.39, 0.29) is 11.4 Å². The minimum atomic E-state index is -4.51. The van der Waals surface area contributed by atoms with E-state index in [0.717, 1.165) is 30.9 Å². The van der Waals surface area contributed by atoms with Gasteiger partial charge >= 0.3 is 17.6 Å². The molecule has 1 amide bonds. The highest BCUT2D eigenvalue weighted by Gasteiger charge is 2.32. The number of aromatic nitrogens is 2. The Labute approximate surface area is 212 Å². The molecule has 12 heteroatoms. The highest BCUT2D eigenvalue weighted by molar-refractivity contribution is 7.54. The van der Waals surface area contributed by atoms with Gasteiger partial charge < -0.3 is 9.80 Å². The minimum absolute atomic E-state index is 0.209. The molecule has 5 nitrogen and oxygen atoms in total. The highest BCUT2D eigenvalue weighted by atomic mass is 35.8. The second kappa shape index (κ2) is 11.8. The summed E-state index contributed by atoms with van der Waals surface area (Å²) >= 11 is -1.72. The maximum Gasteiger partial charge on any atom is 0.643 e. The number of hydrogen-bond donors (Lipinski definition) is 0. The first kappa shape index (κ1) is 26.9. The lowest BCUT2D eigenvalue weighted by atomic mass is 10.1. The van der Waals surface area contributed by atoms with Gasteiger partial charge in [-0.2, -0.15) is 13.2 Å². The number of likely N-dealkylation sites (N-methyl/N-ethyl adjacent to an activating group) is 1. The number of alkyl halides is 3. The molecule has 4 rings (SSSR count). The summed E-state index contributed by atoms with van der Waals surface area (Å²) in [7, 11) is 16.8. The van der Waals surface area contributed by atoms with Gasteiger partial charge in [0.05, 0.1) is 16.6 Å². The molecule has 1 fully saturated rings. The molecular formula is C22H21AlCl3F3N4O. The summed E-state index contributed by atoms with van der Waals surface area (Å²) in [6, 6.07) is 11.4. The lowest BCUT2D eigenvalue weighted by Crippen LogP contribution is -2.46. The standard InChI is InChI=1S/C22H21F3N4O.Al.3ClH/c1-27-9-11-28(12-10-27)20(30)8-7-16-13-17(22(23,24)25)14-19-21(16)29(15-26-19)18-5-3-2-4-6-18;;;;/h2-8,13-15H,9-12H2,1H3;;3*1H/q;+3;;;/p-3. The summed E-state index contributed by atoms with van der Waals surface area (Å²) in [6.45, 7) is 2.74. The molecule has 3 aromatic rings. The third-order valence-electron chi connectivity index (χ3n) is 5.25. The van der Waals surface area contributed by atoms with Crippen molar-refractivity contribution in [2.75, 3.05) is 33.2 Å². The number of hydrogen-bond acceptors (Lipinski definition) is 3. The van der Waals surface area contributed by atoms with Crippen molar-refractivity contribution in [2.45, 2.75) is 6.18 Å². The second-order valence-corrected chi connectivity index (χ2v) is 14.0. The van der Waals surface area contributed by atoms with Crippen LogP contribution in [0.3, 0.4) is 0 Å². The number of amides is 1. The van der Waals surface area contributed by atoms with E-state index in [4.69, 9.17) is 30.1 Å². The molecule has 0 unspecified atom stereocenters. The molecule has 180 valence electrons. The fraction of sp³-hybridized carbons (Fsp3) is 0.273. The quantitative estimate of drug-likeness (QED) is 0.320. The van der Waals surface area contributed by atoms with Crippen LogP contribution < -0.4 is 0 Å². The first-order chi connectivity index (χ1) is 16.1. The van der Waals surface area contributed by atoms with Crippen LogP contribution in [-0.2, 0) is 11.0 Å². The molecule has 2 aromatic carbocycles. The third kappa shape index (κ3) is 7.14. The summed E-state index contributed by atoms with van der Waals surface area (Å²) in [4.78, 5) is 20.6. The zero-order valence-electron chi connectivity index (χ0n) is 18.1. The molecule has 0 N–H and O–H groups in total. The largest absolute Gasteiger partial charge is 0.643 e. The van der Waals surface area contributed by atoms with Crippen molar-refractivity contribution in [1.29, 1.82) is 0 Å². The predicted molar refractivity (Wildman–Crippen MR) is 132 cm³/mol. The Morgan fingerprint density at radius 2 is 1.68 bits per heavy atom. The number of benzene rings is 2.